The Bertz CT molecular complexity index is 347. The molecule has 1 rings (SSSR count). The van der Waals surface area contributed by atoms with Crippen LogP contribution < -0.4 is 0 Å². The quantitative estimate of drug-likeness (QED) is 0.794. The van der Waals surface area contributed by atoms with Gasteiger partial charge in [0, 0.05) is 0 Å². The number of thiazole rings is 1. The van der Waals surface area contributed by atoms with E-state index in [4.69, 9.17) is 5.11 Å². The lowest BCUT2D eigenvalue weighted by Crippen LogP contribution is -1.98. The molecule has 1 aromatic heterocycles. The Labute approximate surface area is 101 Å². The second-order valence-electron chi connectivity index (χ2n) is 3.90. The minimum absolute atomic E-state index is 0.444. The summed E-state index contributed by atoms with van der Waals surface area (Å²) in [6, 6.07) is 0. The molecule has 0 radical (unpaired) electrons. The van der Waals surface area contributed by atoms with E-state index in [1.807, 2.05) is 0 Å². The van der Waals surface area contributed by atoms with Crippen molar-refractivity contribution in [3.63, 3.8) is 0 Å². The number of aryl methyl sites for hydroxylation is 2. The summed E-state index contributed by atoms with van der Waals surface area (Å²) in [4.78, 5) is 15.9. The number of rotatable bonds is 7. The van der Waals surface area contributed by atoms with Crippen LogP contribution in [0.25, 0.3) is 0 Å². The van der Waals surface area contributed by atoms with Crippen molar-refractivity contribution in [3.8, 4) is 0 Å². The molecule has 0 aliphatic carbocycles. The minimum atomic E-state index is -0.827. The first-order chi connectivity index (χ1) is 7.69. The average molecular weight is 241 g/mol. The second-order valence-corrected chi connectivity index (χ2v) is 4.98. The Hall–Kier alpha value is -0.900. The van der Waals surface area contributed by atoms with E-state index in [1.54, 1.807) is 0 Å². The van der Waals surface area contributed by atoms with Crippen LogP contribution in [-0.2, 0) is 12.8 Å². The van der Waals surface area contributed by atoms with Crippen molar-refractivity contribution < 1.29 is 9.90 Å². The number of nitrogens with zero attached hydrogens (tertiary/aromatic N) is 1. The highest BCUT2D eigenvalue weighted by molar-refractivity contribution is 7.13. The molecule has 1 N–H and O–H groups in total. The number of unbranched alkanes of at least 4 members (excludes halogenated alkanes) is 2. The molecule has 16 heavy (non-hydrogen) atoms. The first kappa shape index (κ1) is 13.2. The molecular weight excluding hydrogens is 222 g/mol. The first-order valence-corrected chi connectivity index (χ1v) is 6.72. The van der Waals surface area contributed by atoms with Gasteiger partial charge in [-0.15, -0.1) is 11.3 Å². The zero-order chi connectivity index (χ0) is 12.0. The molecule has 0 aromatic carbocycles. The highest BCUT2D eigenvalue weighted by Gasteiger charge is 2.16. The zero-order valence-electron chi connectivity index (χ0n) is 9.95. The summed E-state index contributed by atoms with van der Waals surface area (Å²) in [6.45, 7) is 4.23. The lowest BCUT2D eigenvalue weighted by atomic mass is 10.2. The van der Waals surface area contributed by atoms with E-state index in [2.05, 4.69) is 18.8 Å². The number of hydrogen-bond acceptors (Lipinski definition) is 3. The summed E-state index contributed by atoms with van der Waals surface area (Å²) in [5.41, 5.74) is 0.783. The van der Waals surface area contributed by atoms with Crippen molar-refractivity contribution in [3.05, 3.63) is 15.6 Å². The third kappa shape index (κ3) is 3.59. The fourth-order valence-corrected chi connectivity index (χ4v) is 2.51. The number of hydrogen-bond donors (Lipinski definition) is 1. The van der Waals surface area contributed by atoms with Crippen LogP contribution >= 0.6 is 11.3 Å². The van der Waals surface area contributed by atoms with Gasteiger partial charge in [0.2, 0.25) is 0 Å². The number of carboxylic acids is 1. The van der Waals surface area contributed by atoms with Crippen LogP contribution in [0.1, 0.15) is 59.9 Å². The van der Waals surface area contributed by atoms with Gasteiger partial charge >= 0.3 is 5.97 Å². The van der Waals surface area contributed by atoms with Gasteiger partial charge in [0.25, 0.3) is 0 Å². The van der Waals surface area contributed by atoms with Gasteiger partial charge in [0.1, 0.15) is 4.88 Å². The van der Waals surface area contributed by atoms with E-state index in [0.717, 1.165) is 49.2 Å². The van der Waals surface area contributed by atoms with E-state index >= 15 is 0 Å². The number of aromatic nitrogens is 1. The molecule has 0 spiro atoms. The largest absolute Gasteiger partial charge is 0.477 e. The molecule has 0 fully saturated rings. The summed E-state index contributed by atoms with van der Waals surface area (Å²) < 4.78 is 0. The smallest absolute Gasteiger partial charge is 0.347 e. The van der Waals surface area contributed by atoms with Crippen molar-refractivity contribution in [2.45, 2.75) is 52.4 Å². The third-order valence-electron chi connectivity index (χ3n) is 2.45. The Balaban J connectivity index is 2.78. The van der Waals surface area contributed by atoms with Crippen molar-refractivity contribution in [1.82, 2.24) is 4.98 Å². The van der Waals surface area contributed by atoms with E-state index in [-0.39, 0.29) is 0 Å². The summed E-state index contributed by atoms with van der Waals surface area (Å²) in [7, 11) is 0. The highest BCUT2D eigenvalue weighted by atomic mass is 32.1. The molecule has 3 nitrogen and oxygen atoms in total. The average Bonchev–Trinajstić information content (AvgIpc) is 2.67. The number of carbonyl (C=O) groups is 1. The van der Waals surface area contributed by atoms with Crippen LogP contribution in [0.4, 0.5) is 0 Å². The predicted molar refractivity (Wildman–Crippen MR) is 66.3 cm³/mol. The topological polar surface area (TPSA) is 50.2 Å². The number of carboxylic acid groups (broad SMARTS) is 1. The highest BCUT2D eigenvalue weighted by Crippen LogP contribution is 2.22. The van der Waals surface area contributed by atoms with Crippen molar-refractivity contribution in [1.29, 1.82) is 0 Å². The lowest BCUT2D eigenvalue weighted by molar-refractivity contribution is 0.0700. The normalized spacial score (nSPS) is 10.6. The summed E-state index contributed by atoms with van der Waals surface area (Å²) >= 11 is 1.35. The molecule has 0 atom stereocenters. The minimum Gasteiger partial charge on any atom is -0.477 e. The maximum absolute atomic E-state index is 11.0. The molecule has 0 aliphatic heterocycles. The Morgan fingerprint density at radius 1 is 1.25 bits per heavy atom. The van der Waals surface area contributed by atoms with Gasteiger partial charge in [-0.05, 0) is 25.7 Å². The SMILES string of the molecule is CCCCc1nc(CCCC)c(C(=O)O)s1. The zero-order valence-corrected chi connectivity index (χ0v) is 10.8. The Kier molecular flexibility index (Phi) is 5.46. The van der Waals surface area contributed by atoms with Gasteiger partial charge in [-0.2, -0.15) is 0 Å². The summed E-state index contributed by atoms with van der Waals surface area (Å²) in [5, 5.41) is 10.1. The molecule has 0 bridgehead atoms. The molecule has 4 heteroatoms. The van der Waals surface area contributed by atoms with Crippen molar-refractivity contribution in [2.24, 2.45) is 0 Å². The van der Waals surface area contributed by atoms with E-state index in [1.165, 1.54) is 11.3 Å². The van der Waals surface area contributed by atoms with Crippen molar-refractivity contribution in [2.75, 3.05) is 0 Å². The predicted octanol–water partition coefficient (Wildman–Crippen LogP) is 3.53. The molecular formula is C12H19NO2S. The maximum atomic E-state index is 11.0. The fourth-order valence-electron chi connectivity index (χ4n) is 1.52. The molecule has 0 aliphatic rings. The lowest BCUT2D eigenvalue weighted by Gasteiger charge is -1.95. The molecule has 1 aromatic rings. The second kappa shape index (κ2) is 6.63. The van der Waals surface area contributed by atoms with E-state index in [9.17, 15) is 4.79 Å². The summed E-state index contributed by atoms with van der Waals surface area (Å²) in [5.74, 6) is -0.827. The van der Waals surface area contributed by atoms with Crippen molar-refractivity contribution >= 4 is 17.3 Å². The fraction of sp³-hybridized carbons (Fsp3) is 0.667. The van der Waals surface area contributed by atoms with Crippen LogP contribution in [0, 0.1) is 0 Å². The van der Waals surface area contributed by atoms with Gasteiger partial charge in [-0.3, -0.25) is 0 Å². The Morgan fingerprint density at radius 3 is 2.44 bits per heavy atom. The summed E-state index contributed by atoms with van der Waals surface area (Å²) in [6.07, 6.45) is 5.98. The number of aromatic carboxylic acids is 1. The molecule has 0 unspecified atom stereocenters. The van der Waals surface area contributed by atoms with Crippen LogP contribution in [0.2, 0.25) is 0 Å². The van der Waals surface area contributed by atoms with Crippen LogP contribution in [0.3, 0.4) is 0 Å². The van der Waals surface area contributed by atoms with Crippen LogP contribution in [-0.4, -0.2) is 16.1 Å². The molecule has 0 amide bonds. The standard InChI is InChI=1S/C12H19NO2S/c1-3-5-7-9-11(12(14)15)16-10(13-9)8-6-4-2/h3-8H2,1-2H3,(H,14,15). The maximum Gasteiger partial charge on any atom is 0.347 e. The van der Waals surface area contributed by atoms with E-state index < -0.39 is 5.97 Å². The van der Waals surface area contributed by atoms with Gasteiger partial charge in [-0.25, -0.2) is 9.78 Å². The Morgan fingerprint density at radius 2 is 1.88 bits per heavy atom. The monoisotopic (exact) mass is 241 g/mol. The van der Waals surface area contributed by atoms with Crippen LogP contribution in [0.5, 0.6) is 0 Å². The van der Waals surface area contributed by atoms with Gasteiger partial charge in [0.05, 0.1) is 10.7 Å². The molecule has 0 saturated carbocycles. The molecule has 1 heterocycles. The van der Waals surface area contributed by atoms with Gasteiger partial charge in [-0.1, -0.05) is 26.7 Å². The third-order valence-corrected chi connectivity index (χ3v) is 3.59. The van der Waals surface area contributed by atoms with Crippen LogP contribution in [0.15, 0.2) is 0 Å². The van der Waals surface area contributed by atoms with E-state index in [0.29, 0.717) is 4.88 Å². The molecule has 0 saturated heterocycles. The van der Waals surface area contributed by atoms with Gasteiger partial charge in [0.15, 0.2) is 0 Å². The van der Waals surface area contributed by atoms with Gasteiger partial charge < -0.3 is 5.11 Å². The first-order valence-electron chi connectivity index (χ1n) is 5.90. The molecule has 90 valence electrons.